The van der Waals surface area contributed by atoms with Gasteiger partial charge in [-0.3, -0.25) is 4.68 Å². The van der Waals surface area contributed by atoms with Crippen LogP contribution in [-0.2, 0) is 13.0 Å². The second-order valence-electron chi connectivity index (χ2n) is 5.74. The second kappa shape index (κ2) is 6.84. The van der Waals surface area contributed by atoms with Gasteiger partial charge in [-0.15, -0.1) is 0 Å². The molecule has 3 nitrogen and oxygen atoms in total. The highest BCUT2D eigenvalue weighted by atomic mass is 79.9. The van der Waals surface area contributed by atoms with Crippen LogP contribution >= 0.6 is 27.7 Å². The molecular weight excluding hydrogens is 334 g/mol. The molecule has 0 amide bonds. The molecular formula is C15H26BrN3S. The topological polar surface area (TPSA) is 29.9 Å². The van der Waals surface area contributed by atoms with E-state index in [1.165, 1.54) is 28.8 Å². The minimum absolute atomic E-state index is 0.353. The van der Waals surface area contributed by atoms with Crippen molar-refractivity contribution in [2.45, 2.75) is 64.3 Å². The predicted molar refractivity (Wildman–Crippen MR) is 91.6 cm³/mol. The quantitative estimate of drug-likeness (QED) is 0.837. The summed E-state index contributed by atoms with van der Waals surface area (Å²) >= 11 is 5.86. The lowest BCUT2D eigenvalue weighted by Gasteiger charge is -2.34. The van der Waals surface area contributed by atoms with Gasteiger partial charge in [0, 0.05) is 23.8 Å². The molecule has 1 saturated heterocycles. The van der Waals surface area contributed by atoms with E-state index in [1.54, 1.807) is 0 Å². The molecule has 0 aromatic carbocycles. The molecule has 1 aromatic rings. The van der Waals surface area contributed by atoms with Gasteiger partial charge in [0.2, 0.25) is 0 Å². The van der Waals surface area contributed by atoms with Crippen LogP contribution in [-0.4, -0.2) is 32.9 Å². The summed E-state index contributed by atoms with van der Waals surface area (Å²) in [6.45, 7) is 10.8. The summed E-state index contributed by atoms with van der Waals surface area (Å²) in [6.07, 6.45) is 3.70. The fourth-order valence-electron chi connectivity index (χ4n) is 3.08. The third-order valence-corrected chi connectivity index (χ3v) is 6.96. The zero-order chi connectivity index (χ0) is 14.8. The average Bonchev–Trinajstić information content (AvgIpc) is 2.97. The van der Waals surface area contributed by atoms with E-state index in [9.17, 15) is 0 Å². The SMILES string of the molecule is CCNC(Cc1c(Br)c(C)nn1CC)C1(C)CCCS1. The van der Waals surface area contributed by atoms with Gasteiger partial charge in [-0.25, -0.2) is 0 Å². The van der Waals surface area contributed by atoms with E-state index < -0.39 is 0 Å². The Morgan fingerprint density at radius 1 is 1.50 bits per heavy atom. The molecule has 20 heavy (non-hydrogen) atoms. The van der Waals surface area contributed by atoms with Gasteiger partial charge in [0.25, 0.3) is 0 Å². The molecule has 1 aliphatic rings. The molecule has 1 aromatic heterocycles. The van der Waals surface area contributed by atoms with E-state index in [2.05, 4.69) is 70.5 Å². The maximum absolute atomic E-state index is 4.63. The Morgan fingerprint density at radius 2 is 2.25 bits per heavy atom. The van der Waals surface area contributed by atoms with Crippen LogP contribution in [0.1, 0.15) is 45.0 Å². The van der Waals surface area contributed by atoms with E-state index in [0.717, 1.165) is 25.2 Å². The van der Waals surface area contributed by atoms with Gasteiger partial charge in [0.1, 0.15) is 0 Å². The number of nitrogens with zero attached hydrogens (tertiary/aromatic N) is 2. The lowest BCUT2D eigenvalue weighted by molar-refractivity contribution is 0.396. The zero-order valence-corrected chi connectivity index (χ0v) is 15.4. The standard InChI is InChI=1S/C15H26BrN3S/c1-5-17-13(15(4)8-7-9-20-15)10-12-14(16)11(3)18-19(12)6-2/h13,17H,5-10H2,1-4H3. The molecule has 0 bridgehead atoms. The molecule has 114 valence electrons. The summed E-state index contributed by atoms with van der Waals surface area (Å²) in [5.74, 6) is 1.30. The fraction of sp³-hybridized carbons (Fsp3) is 0.800. The van der Waals surface area contributed by atoms with Crippen molar-refractivity contribution in [3.63, 3.8) is 0 Å². The van der Waals surface area contributed by atoms with Gasteiger partial charge in [-0.2, -0.15) is 16.9 Å². The van der Waals surface area contributed by atoms with Crippen molar-refractivity contribution >= 4 is 27.7 Å². The Labute approximate surface area is 135 Å². The van der Waals surface area contributed by atoms with E-state index in [1.807, 2.05) is 0 Å². The molecule has 0 radical (unpaired) electrons. The Bertz CT molecular complexity index is 452. The Morgan fingerprint density at radius 3 is 2.80 bits per heavy atom. The van der Waals surface area contributed by atoms with Crippen molar-refractivity contribution in [1.82, 2.24) is 15.1 Å². The molecule has 1 fully saturated rings. The van der Waals surface area contributed by atoms with Gasteiger partial charge in [-0.1, -0.05) is 6.92 Å². The number of hydrogen-bond donors (Lipinski definition) is 1. The van der Waals surface area contributed by atoms with Crippen LogP contribution in [0.2, 0.25) is 0 Å². The normalized spacial score (nSPS) is 24.2. The number of halogens is 1. The van der Waals surface area contributed by atoms with Gasteiger partial charge in [0.15, 0.2) is 0 Å². The largest absolute Gasteiger partial charge is 0.312 e. The average molecular weight is 360 g/mol. The smallest absolute Gasteiger partial charge is 0.0738 e. The van der Waals surface area contributed by atoms with Crippen LogP contribution in [0.25, 0.3) is 0 Å². The van der Waals surface area contributed by atoms with Crippen molar-refractivity contribution in [2.75, 3.05) is 12.3 Å². The Balaban J connectivity index is 2.24. The van der Waals surface area contributed by atoms with Crippen molar-refractivity contribution in [3.05, 3.63) is 15.9 Å². The summed E-state index contributed by atoms with van der Waals surface area (Å²) in [7, 11) is 0. The highest BCUT2D eigenvalue weighted by molar-refractivity contribution is 9.10. The van der Waals surface area contributed by atoms with Crippen molar-refractivity contribution in [3.8, 4) is 0 Å². The Kier molecular flexibility index (Phi) is 5.60. The first-order valence-electron chi connectivity index (χ1n) is 7.61. The summed E-state index contributed by atoms with van der Waals surface area (Å²) in [5, 5.41) is 8.34. The van der Waals surface area contributed by atoms with Gasteiger partial charge in [-0.05, 0) is 61.8 Å². The highest BCUT2D eigenvalue weighted by Crippen LogP contribution is 2.42. The number of nitrogens with one attached hydrogen (secondary N) is 1. The minimum Gasteiger partial charge on any atom is -0.312 e. The van der Waals surface area contributed by atoms with Crippen LogP contribution in [0.3, 0.4) is 0 Å². The Hall–Kier alpha value is -0.000000000000000111. The number of hydrogen-bond acceptors (Lipinski definition) is 3. The van der Waals surface area contributed by atoms with Crippen LogP contribution in [0, 0.1) is 6.92 Å². The third-order valence-electron chi connectivity index (χ3n) is 4.29. The van der Waals surface area contributed by atoms with Crippen molar-refractivity contribution in [2.24, 2.45) is 0 Å². The zero-order valence-electron chi connectivity index (χ0n) is 13.0. The summed E-state index contributed by atoms with van der Waals surface area (Å²) in [5.41, 5.74) is 2.44. The number of likely N-dealkylation sites (N-methyl/N-ethyl adjacent to an activating group) is 1. The summed E-state index contributed by atoms with van der Waals surface area (Å²) in [6, 6.07) is 0.512. The van der Waals surface area contributed by atoms with Crippen molar-refractivity contribution < 1.29 is 0 Å². The molecule has 2 atom stereocenters. The molecule has 5 heteroatoms. The number of aromatic nitrogens is 2. The molecule has 2 unspecified atom stereocenters. The molecule has 1 N–H and O–H groups in total. The van der Waals surface area contributed by atoms with Gasteiger partial charge < -0.3 is 5.32 Å². The first-order valence-corrected chi connectivity index (χ1v) is 9.38. The first-order chi connectivity index (χ1) is 9.51. The highest BCUT2D eigenvalue weighted by Gasteiger charge is 2.38. The number of aryl methyl sites for hydroxylation is 2. The molecule has 1 aliphatic heterocycles. The van der Waals surface area contributed by atoms with E-state index in [-0.39, 0.29) is 0 Å². The van der Waals surface area contributed by atoms with E-state index in [0.29, 0.717) is 10.8 Å². The summed E-state index contributed by atoms with van der Waals surface area (Å²) in [4.78, 5) is 0. The molecule has 0 saturated carbocycles. The van der Waals surface area contributed by atoms with E-state index in [4.69, 9.17) is 0 Å². The van der Waals surface area contributed by atoms with Gasteiger partial charge in [0.05, 0.1) is 15.9 Å². The monoisotopic (exact) mass is 359 g/mol. The third kappa shape index (κ3) is 3.25. The van der Waals surface area contributed by atoms with Crippen molar-refractivity contribution in [1.29, 1.82) is 0 Å². The minimum atomic E-state index is 0.353. The summed E-state index contributed by atoms with van der Waals surface area (Å²) < 4.78 is 3.69. The maximum Gasteiger partial charge on any atom is 0.0738 e. The molecule has 2 heterocycles. The number of rotatable bonds is 6. The van der Waals surface area contributed by atoms with Crippen LogP contribution in [0.5, 0.6) is 0 Å². The first kappa shape index (κ1) is 16.4. The molecule has 2 rings (SSSR count). The predicted octanol–water partition coefficient (Wildman–Crippen LogP) is 3.78. The van der Waals surface area contributed by atoms with E-state index >= 15 is 0 Å². The lowest BCUT2D eigenvalue weighted by Crippen LogP contribution is -2.47. The van der Waals surface area contributed by atoms with Crippen LogP contribution in [0.4, 0.5) is 0 Å². The van der Waals surface area contributed by atoms with Crippen LogP contribution < -0.4 is 5.32 Å². The lowest BCUT2D eigenvalue weighted by atomic mass is 9.92. The second-order valence-corrected chi connectivity index (χ2v) is 8.16. The number of thioether (sulfide) groups is 1. The fourth-order valence-corrected chi connectivity index (χ4v) is 4.94. The maximum atomic E-state index is 4.63. The van der Waals surface area contributed by atoms with Gasteiger partial charge >= 0.3 is 0 Å². The molecule has 0 spiro atoms. The molecule has 0 aliphatic carbocycles. The van der Waals surface area contributed by atoms with Crippen LogP contribution in [0.15, 0.2) is 4.47 Å².